The third kappa shape index (κ3) is 2.15. The molecule has 1 heterocycles. The van der Waals surface area contributed by atoms with E-state index in [9.17, 15) is 0 Å². The number of benzene rings is 1. The van der Waals surface area contributed by atoms with Crippen LogP contribution in [0.25, 0.3) is 5.69 Å². The summed E-state index contributed by atoms with van der Waals surface area (Å²) in [6.45, 7) is 6.23. The standard InChI is InChI=1S/C14H16Cl2N2/c1-4-12-9(2)17-18(10(12)3)14-11(8-15)6-5-7-13(14)16/h5-7H,4,8H2,1-3H3. The highest BCUT2D eigenvalue weighted by Crippen LogP contribution is 2.28. The van der Waals surface area contributed by atoms with E-state index in [1.54, 1.807) is 0 Å². The maximum atomic E-state index is 6.30. The summed E-state index contributed by atoms with van der Waals surface area (Å²) in [6, 6.07) is 5.77. The van der Waals surface area contributed by atoms with Crippen LogP contribution in [0.5, 0.6) is 0 Å². The minimum Gasteiger partial charge on any atom is -0.236 e. The van der Waals surface area contributed by atoms with Gasteiger partial charge in [0.05, 0.1) is 16.4 Å². The summed E-state index contributed by atoms with van der Waals surface area (Å²) < 4.78 is 1.91. The summed E-state index contributed by atoms with van der Waals surface area (Å²) in [5.74, 6) is 0.426. The summed E-state index contributed by atoms with van der Waals surface area (Å²) in [4.78, 5) is 0. The van der Waals surface area contributed by atoms with Crippen molar-refractivity contribution >= 4 is 23.2 Å². The number of halogens is 2. The van der Waals surface area contributed by atoms with E-state index in [1.165, 1.54) is 5.56 Å². The zero-order chi connectivity index (χ0) is 13.3. The Balaban J connectivity index is 2.69. The second-order valence-corrected chi connectivity index (χ2v) is 4.97. The minimum absolute atomic E-state index is 0.426. The first-order chi connectivity index (χ1) is 8.60. The molecule has 0 atom stereocenters. The van der Waals surface area contributed by atoms with Gasteiger partial charge in [-0.05, 0) is 37.5 Å². The number of hydrogen-bond donors (Lipinski definition) is 0. The number of para-hydroxylation sites is 1. The van der Waals surface area contributed by atoms with Crippen molar-refractivity contribution in [1.29, 1.82) is 0 Å². The first kappa shape index (κ1) is 13.4. The van der Waals surface area contributed by atoms with Crippen LogP contribution in [-0.2, 0) is 12.3 Å². The summed E-state index contributed by atoms with van der Waals surface area (Å²) >= 11 is 12.3. The van der Waals surface area contributed by atoms with Gasteiger partial charge in [-0.1, -0.05) is 30.7 Å². The van der Waals surface area contributed by atoms with Gasteiger partial charge in [0.25, 0.3) is 0 Å². The van der Waals surface area contributed by atoms with Crippen molar-refractivity contribution in [2.75, 3.05) is 0 Å². The van der Waals surface area contributed by atoms with Crippen molar-refractivity contribution in [2.45, 2.75) is 33.1 Å². The van der Waals surface area contributed by atoms with E-state index in [4.69, 9.17) is 23.2 Å². The van der Waals surface area contributed by atoms with Gasteiger partial charge in [-0.3, -0.25) is 0 Å². The first-order valence-corrected chi connectivity index (χ1v) is 6.90. The van der Waals surface area contributed by atoms with E-state index in [2.05, 4.69) is 18.9 Å². The van der Waals surface area contributed by atoms with E-state index >= 15 is 0 Å². The van der Waals surface area contributed by atoms with Gasteiger partial charge in [0.15, 0.2) is 0 Å². The lowest BCUT2D eigenvalue weighted by Crippen LogP contribution is -2.04. The molecule has 1 aromatic heterocycles. The molecule has 0 N–H and O–H groups in total. The van der Waals surface area contributed by atoms with E-state index < -0.39 is 0 Å². The number of rotatable bonds is 3. The molecule has 18 heavy (non-hydrogen) atoms. The molecule has 1 aromatic carbocycles. The van der Waals surface area contributed by atoms with Crippen LogP contribution in [0.3, 0.4) is 0 Å². The molecule has 4 heteroatoms. The Hall–Kier alpha value is -0.990. The lowest BCUT2D eigenvalue weighted by Gasteiger charge is -2.11. The molecule has 0 radical (unpaired) electrons. The number of nitrogens with zero attached hydrogens (tertiary/aromatic N) is 2. The van der Waals surface area contributed by atoms with Crippen molar-refractivity contribution in [2.24, 2.45) is 0 Å². The molecule has 0 bridgehead atoms. The fraction of sp³-hybridized carbons (Fsp3) is 0.357. The van der Waals surface area contributed by atoms with E-state index in [0.717, 1.165) is 29.1 Å². The maximum absolute atomic E-state index is 6.30. The van der Waals surface area contributed by atoms with Crippen LogP contribution in [-0.4, -0.2) is 9.78 Å². The highest BCUT2D eigenvalue weighted by molar-refractivity contribution is 6.32. The Kier molecular flexibility index (Phi) is 3.98. The second kappa shape index (κ2) is 5.33. The van der Waals surface area contributed by atoms with E-state index in [-0.39, 0.29) is 0 Å². The van der Waals surface area contributed by atoms with Crippen LogP contribution in [0.4, 0.5) is 0 Å². The molecule has 0 unspecified atom stereocenters. The monoisotopic (exact) mass is 282 g/mol. The summed E-state index contributed by atoms with van der Waals surface area (Å²) in [7, 11) is 0. The molecular formula is C14H16Cl2N2. The second-order valence-electron chi connectivity index (χ2n) is 4.30. The largest absolute Gasteiger partial charge is 0.236 e. The minimum atomic E-state index is 0.426. The van der Waals surface area contributed by atoms with Gasteiger partial charge >= 0.3 is 0 Å². The van der Waals surface area contributed by atoms with E-state index in [1.807, 2.05) is 29.8 Å². The van der Waals surface area contributed by atoms with Gasteiger partial charge in [-0.2, -0.15) is 5.10 Å². The molecule has 2 rings (SSSR count). The van der Waals surface area contributed by atoms with Crippen molar-refractivity contribution in [3.63, 3.8) is 0 Å². The highest BCUT2D eigenvalue weighted by Gasteiger charge is 2.15. The van der Waals surface area contributed by atoms with Gasteiger partial charge in [0.1, 0.15) is 0 Å². The summed E-state index contributed by atoms with van der Waals surface area (Å²) in [5, 5.41) is 5.28. The Morgan fingerprint density at radius 2 is 2.00 bits per heavy atom. The lowest BCUT2D eigenvalue weighted by atomic mass is 10.1. The van der Waals surface area contributed by atoms with Gasteiger partial charge < -0.3 is 0 Å². The topological polar surface area (TPSA) is 17.8 Å². The molecule has 0 amide bonds. The Morgan fingerprint density at radius 3 is 2.56 bits per heavy atom. The van der Waals surface area contributed by atoms with Gasteiger partial charge in [-0.15, -0.1) is 11.6 Å². The molecule has 2 aromatic rings. The fourth-order valence-corrected chi connectivity index (χ4v) is 2.80. The molecule has 0 saturated heterocycles. The number of hydrogen-bond acceptors (Lipinski definition) is 1. The van der Waals surface area contributed by atoms with Gasteiger partial charge in [0, 0.05) is 11.6 Å². The number of aromatic nitrogens is 2. The number of aryl methyl sites for hydroxylation is 1. The van der Waals surface area contributed by atoms with Crippen molar-refractivity contribution < 1.29 is 0 Å². The van der Waals surface area contributed by atoms with Crippen LogP contribution >= 0.6 is 23.2 Å². The van der Waals surface area contributed by atoms with E-state index in [0.29, 0.717) is 10.9 Å². The first-order valence-electron chi connectivity index (χ1n) is 5.99. The molecule has 0 saturated carbocycles. The lowest BCUT2D eigenvalue weighted by molar-refractivity contribution is 0.825. The van der Waals surface area contributed by atoms with Crippen molar-refractivity contribution in [3.05, 3.63) is 45.7 Å². The smallest absolute Gasteiger partial charge is 0.0879 e. The zero-order valence-corrected chi connectivity index (χ0v) is 12.3. The third-order valence-corrected chi connectivity index (χ3v) is 3.81. The predicted octanol–water partition coefficient (Wildman–Crippen LogP) is 4.44. The molecule has 0 aliphatic heterocycles. The average Bonchev–Trinajstić information content (AvgIpc) is 2.63. The van der Waals surface area contributed by atoms with Gasteiger partial charge in [-0.25, -0.2) is 4.68 Å². The Morgan fingerprint density at radius 1 is 1.28 bits per heavy atom. The molecule has 96 valence electrons. The van der Waals surface area contributed by atoms with Crippen LogP contribution in [0.2, 0.25) is 5.02 Å². The maximum Gasteiger partial charge on any atom is 0.0879 e. The summed E-state index contributed by atoms with van der Waals surface area (Å²) in [6.07, 6.45) is 0.971. The molecule has 0 spiro atoms. The Labute approximate surface area is 118 Å². The quantitative estimate of drug-likeness (QED) is 0.761. The zero-order valence-electron chi connectivity index (χ0n) is 10.8. The van der Waals surface area contributed by atoms with Crippen LogP contribution in [0.1, 0.15) is 29.4 Å². The SMILES string of the molecule is CCc1c(C)nn(-c2c(Cl)cccc2CCl)c1C. The Bertz CT molecular complexity index is 573. The average molecular weight is 283 g/mol. The fourth-order valence-electron chi connectivity index (χ4n) is 2.31. The van der Waals surface area contributed by atoms with Crippen molar-refractivity contribution in [1.82, 2.24) is 9.78 Å². The van der Waals surface area contributed by atoms with Crippen LogP contribution in [0.15, 0.2) is 18.2 Å². The van der Waals surface area contributed by atoms with Crippen LogP contribution in [0, 0.1) is 13.8 Å². The molecule has 2 nitrogen and oxygen atoms in total. The number of alkyl halides is 1. The summed E-state index contributed by atoms with van der Waals surface area (Å²) in [5.41, 5.74) is 5.35. The molecule has 0 aliphatic rings. The highest BCUT2D eigenvalue weighted by atomic mass is 35.5. The molecule has 0 aliphatic carbocycles. The molecular weight excluding hydrogens is 267 g/mol. The molecule has 0 fully saturated rings. The van der Waals surface area contributed by atoms with Crippen LogP contribution < -0.4 is 0 Å². The third-order valence-electron chi connectivity index (χ3n) is 3.22. The predicted molar refractivity (Wildman–Crippen MR) is 77.0 cm³/mol. The normalized spacial score (nSPS) is 10.9. The van der Waals surface area contributed by atoms with Gasteiger partial charge in [0.2, 0.25) is 0 Å². The van der Waals surface area contributed by atoms with Crippen molar-refractivity contribution in [3.8, 4) is 5.69 Å².